The fourth-order valence-electron chi connectivity index (χ4n) is 3.38. The average Bonchev–Trinajstić information content (AvgIpc) is 2.73. The van der Waals surface area contributed by atoms with Gasteiger partial charge in [0.2, 0.25) is 0 Å². The topological polar surface area (TPSA) is 55.5 Å². The van der Waals surface area contributed by atoms with Crippen molar-refractivity contribution in [3.63, 3.8) is 0 Å². The molecule has 158 valence electrons. The number of nitrogen functional groups attached to an aromatic ring is 1. The van der Waals surface area contributed by atoms with Crippen molar-refractivity contribution in [1.82, 2.24) is 0 Å². The molecule has 0 bridgehead atoms. The van der Waals surface area contributed by atoms with E-state index in [4.69, 9.17) is 5.73 Å². The lowest BCUT2D eigenvalue weighted by molar-refractivity contribution is -0.137. The molecule has 3 aromatic carbocycles. The zero-order chi connectivity index (χ0) is 22.6. The first-order valence-corrected chi connectivity index (χ1v) is 9.50. The fourth-order valence-corrected chi connectivity index (χ4v) is 3.38. The number of carbonyl (C=O) groups is 1. The molecule has 0 saturated heterocycles. The minimum atomic E-state index is -4.51. The van der Waals surface area contributed by atoms with Gasteiger partial charge in [0, 0.05) is 30.1 Å². The summed E-state index contributed by atoms with van der Waals surface area (Å²) in [4.78, 5) is 15.0. The largest absolute Gasteiger partial charge is 0.416 e. The molecule has 3 aromatic rings. The van der Waals surface area contributed by atoms with Gasteiger partial charge in [-0.05, 0) is 52.9 Å². The maximum Gasteiger partial charge on any atom is 0.416 e. The van der Waals surface area contributed by atoms with Crippen molar-refractivity contribution < 1.29 is 18.0 Å². The Balaban J connectivity index is 2.03. The Morgan fingerprint density at radius 1 is 0.935 bits per heavy atom. The van der Waals surface area contributed by atoms with E-state index in [2.05, 4.69) is 4.99 Å². The van der Waals surface area contributed by atoms with Crippen LogP contribution >= 0.6 is 0 Å². The molecule has 0 fully saturated rings. The van der Waals surface area contributed by atoms with Gasteiger partial charge < -0.3 is 5.73 Å². The Labute approximate surface area is 178 Å². The van der Waals surface area contributed by atoms with Gasteiger partial charge in [0.05, 0.1) is 5.56 Å². The molecular weight excluding hydrogens is 401 g/mol. The van der Waals surface area contributed by atoms with Gasteiger partial charge in [-0.3, -0.25) is 9.79 Å². The van der Waals surface area contributed by atoms with Crippen molar-refractivity contribution in [2.75, 3.05) is 12.8 Å². The highest BCUT2D eigenvalue weighted by molar-refractivity contribution is 5.89. The van der Waals surface area contributed by atoms with Crippen LogP contribution in [0.1, 0.15) is 38.2 Å². The summed E-state index contributed by atoms with van der Waals surface area (Å²) in [6.45, 7) is 1.90. The molecule has 0 aliphatic carbocycles. The van der Waals surface area contributed by atoms with Crippen LogP contribution in [0.3, 0.4) is 0 Å². The number of nitrogens with two attached hydrogens (primary N) is 1. The maximum atomic E-state index is 13.4. The summed E-state index contributed by atoms with van der Waals surface area (Å²) in [6, 6.07) is 14.6. The summed E-state index contributed by atoms with van der Waals surface area (Å²) >= 11 is 0. The average molecular weight is 422 g/mol. The van der Waals surface area contributed by atoms with E-state index in [1.54, 1.807) is 19.3 Å². The van der Waals surface area contributed by atoms with Gasteiger partial charge in [0.25, 0.3) is 0 Å². The molecule has 3 rings (SSSR count). The highest BCUT2D eigenvalue weighted by atomic mass is 19.4. The number of carbonyl (C=O) groups excluding carboxylic acids is 1. The Bertz CT molecular complexity index is 1180. The van der Waals surface area contributed by atoms with Crippen LogP contribution in [-0.2, 0) is 6.18 Å². The lowest BCUT2D eigenvalue weighted by Crippen LogP contribution is -2.07. The number of benzene rings is 3. The van der Waals surface area contributed by atoms with Gasteiger partial charge in [0.15, 0.2) is 0 Å². The molecule has 0 spiro atoms. The zero-order valence-corrected chi connectivity index (χ0v) is 17.1. The number of alkyl halides is 3. The summed E-state index contributed by atoms with van der Waals surface area (Å²) in [7, 11) is 1.67. The number of hydrogen-bond donors (Lipinski definition) is 1. The molecule has 0 radical (unpaired) electrons. The molecule has 2 N–H and O–H groups in total. The molecule has 0 aliphatic heterocycles. The van der Waals surface area contributed by atoms with Crippen LogP contribution in [0, 0.1) is 6.92 Å². The monoisotopic (exact) mass is 422 g/mol. The maximum absolute atomic E-state index is 13.4. The van der Waals surface area contributed by atoms with Gasteiger partial charge in [-0.15, -0.1) is 0 Å². The molecule has 3 nitrogen and oxygen atoms in total. The number of nitrogens with zero attached hydrogens (tertiary/aromatic N) is 1. The highest BCUT2D eigenvalue weighted by Crippen LogP contribution is 2.34. The van der Waals surface area contributed by atoms with Crippen molar-refractivity contribution >= 4 is 30.3 Å². The van der Waals surface area contributed by atoms with Crippen LogP contribution in [0.2, 0.25) is 0 Å². The van der Waals surface area contributed by atoms with Crippen LogP contribution < -0.4 is 5.73 Å². The van der Waals surface area contributed by atoms with E-state index in [-0.39, 0.29) is 11.1 Å². The zero-order valence-electron chi connectivity index (χ0n) is 17.1. The van der Waals surface area contributed by atoms with E-state index in [1.165, 1.54) is 12.1 Å². The van der Waals surface area contributed by atoms with Gasteiger partial charge >= 0.3 is 6.18 Å². The second kappa shape index (κ2) is 9.00. The summed E-state index contributed by atoms with van der Waals surface area (Å²) in [5, 5.41) is 0. The van der Waals surface area contributed by atoms with E-state index >= 15 is 0 Å². The third kappa shape index (κ3) is 4.91. The molecule has 0 amide bonds. The molecule has 6 heteroatoms. The number of rotatable bonds is 5. The van der Waals surface area contributed by atoms with Crippen LogP contribution in [0.4, 0.5) is 18.9 Å². The molecule has 0 atom stereocenters. The second-order valence-electron chi connectivity index (χ2n) is 7.05. The third-order valence-corrected chi connectivity index (χ3v) is 5.00. The van der Waals surface area contributed by atoms with Crippen LogP contribution in [0.15, 0.2) is 59.6 Å². The summed E-state index contributed by atoms with van der Waals surface area (Å²) < 4.78 is 40.1. The van der Waals surface area contributed by atoms with Gasteiger partial charge in [-0.2, -0.15) is 13.2 Å². The minimum absolute atomic E-state index is 0.0608. The van der Waals surface area contributed by atoms with Crippen molar-refractivity contribution in [2.24, 2.45) is 4.99 Å². The first kappa shape index (κ1) is 22.0. The van der Waals surface area contributed by atoms with Crippen molar-refractivity contribution in [2.45, 2.75) is 13.1 Å². The van der Waals surface area contributed by atoms with E-state index in [0.717, 1.165) is 39.9 Å². The predicted octanol–water partition coefficient (Wildman–Crippen LogP) is 6.29. The van der Waals surface area contributed by atoms with Gasteiger partial charge in [-0.1, -0.05) is 48.6 Å². The fraction of sp³-hybridized carbons (Fsp3) is 0.120. The first-order chi connectivity index (χ1) is 14.7. The Kier molecular flexibility index (Phi) is 6.39. The number of hydrogen-bond acceptors (Lipinski definition) is 3. The SMILES string of the molecule is CN=Cc1ccc(-c2cccc(/C=C/c3cc(C=O)ccc3C(F)(F)F)c2C)cc1N. The highest BCUT2D eigenvalue weighted by Gasteiger charge is 2.32. The molecule has 0 heterocycles. The lowest BCUT2D eigenvalue weighted by atomic mass is 9.94. The predicted molar refractivity (Wildman–Crippen MR) is 120 cm³/mol. The van der Waals surface area contributed by atoms with Crippen LogP contribution in [-0.4, -0.2) is 19.5 Å². The summed E-state index contributed by atoms with van der Waals surface area (Å²) in [6.07, 6.45) is 0.701. The number of anilines is 1. The van der Waals surface area contributed by atoms with E-state index in [9.17, 15) is 18.0 Å². The standard InChI is InChI=1S/C25H21F3N2O/c1-16-18(7-9-20-12-17(15-31)6-11-23(20)25(26,27)28)4-3-5-22(16)19-8-10-21(14-30-2)24(29)13-19/h3-15H,29H2,1-2H3/b9-7+,30-14?. The number of halogens is 3. The Hall–Kier alpha value is -3.67. The van der Waals surface area contributed by atoms with Crippen molar-refractivity contribution in [3.8, 4) is 11.1 Å². The van der Waals surface area contributed by atoms with Crippen molar-refractivity contribution in [1.29, 1.82) is 0 Å². The first-order valence-electron chi connectivity index (χ1n) is 9.50. The summed E-state index contributed by atoms with van der Waals surface area (Å²) in [5.41, 5.74) is 10.3. The normalized spacial score (nSPS) is 12.0. The van der Waals surface area contributed by atoms with Crippen molar-refractivity contribution in [3.05, 3.63) is 88.0 Å². The number of aliphatic imine (C=N–C) groups is 1. The Morgan fingerprint density at radius 2 is 1.68 bits per heavy atom. The van der Waals surface area contributed by atoms with Gasteiger partial charge in [0.1, 0.15) is 6.29 Å². The molecule has 0 saturated carbocycles. The Morgan fingerprint density at radius 3 is 2.32 bits per heavy atom. The minimum Gasteiger partial charge on any atom is -0.398 e. The quantitative estimate of drug-likeness (QED) is 0.227. The van der Waals surface area contributed by atoms with Crippen LogP contribution in [0.5, 0.6) is 0 Å². The summed E-state index contributed by atoms with van der Waals surface area (Å²) in [5.74, 6) is 0. The van der Waals surface area contributed by atoms with Gasteiger partial charge in [-0.25, -0.2) is 0 Å². The van der Waals surface area contributed by atoms with E-state index < -0.39 is 11.7 Å². The number of aldehydes is 1. The molecule has 0 unspecified atom stereocenters. The van der Waals surface area contributed by atoms with E-state index in [0.29, 0.717) is 12.0 Å². The second-order valence-corrected chi connectivity index (χ2v) is 7.05. The molecular formula is C25H21F3N2O. The molecule has 31 heavy (non-hydrogen) atoms. The lowest BCUT2D eigenvalue weighted by Gasteiger charge is -2.12. The molecule has 0 aromatic heterocycles. The third-order valence-electron chi connectivity index (χ3n) is 5.00. The smallest absolute Gasteiger partial charge is 0.398 e. The van der Waals surface area contributed by atoms with E-state index in [1.807, 2.05) is 43.3 Å². The molecule has 0 aliphatic rings. The van der Waals surface area contributed by atoms with Crippen LogP contribution in [0.25, 0.3) is 23.3 Å².